The molecule has 0 aromatic carbocycles. The Bertz CT molecular complexity index is 541. The van der Waals surface area contributed by atoms with Gasteiger partial charge >= 0.3 is 0 Å². The van der Waals surface area contributed by atoms with E-state index in [-0.39, 0.29) is 0 Å². The third-order valence-corrected chi connectivity index (χ3v) is 13.3. The van der Waals surface area contributed by atoms with Gasteiger partial charge in [0.1, 0.15) is 0 Å². The fourth-order valence-electron chi connectivity index (χ4n) is 14.1. The maximum Gasteiger partial charge on any atom is -0.0312 e. The highest BCUT2D eigenvalue weighted by atomic mass is 15.0. The van der Waals surface area contributed by atoms with Crippen LogP contribution in [0.15, 0.2) is 0 Å². The SMILES string of the molecule is C12C3C4C1C1C2C3C4C2C1C1C3C4C5C6C4C(C6C53)C21. The molecule has 0 heteroatoms. The number of hydrogen-bond donors (Lipinski definition) is 0. The van der Waals surface area contributed by atoms with Crippen molar-refractivity contribution in [2.24, 2.45) is 118 Å². The monoisotopic (exact) mass is 260 g/mol. The van der Waals surface area contributed by atoms with Gasteiger partial charge in [-0.2, -0.15) is 0 Å². The Balaban J connectivity index is 1.17. The average Bonchev–Trinajstić information content (AvgIpc) is 2.39. The third-order valence-electron chi connectivity index (χ3n) is 13.3. The molecule has 0 atom stereocenters. The fraction of sp³-hybridized carbons (Fsp3) is 1.00. The molecule has 20 heavy (non-hydrogen) atoms. The van der Waals surface area contributed by atoms with Crippen molar-refractivity contribution < 1.29 is 0 Å². The molecule has 0 aromatic heterocycles. The van der Waals surface area contributed by atoms with Crippen LogP contribution in [0.2, 0.25) is 0 Å². The van der Waals surface area contributed by atoms with Gasteiger partial charge in [-0.05, 0) is 118 Å². The molecule has 0 aliphatic heterocycles. The van der Waals surface area contributed by atoms with Gasteiger partial charge in [0.25, 0.3) is 0 Å². The summed E-state index contributed by atoms with van der Waals surface area (Å²) in [7, 11) is 0. The van der Waals surface area contributed by atoms with E-state index in [2.05, 4.69) is 0 Å². The molecule has 0 radical (unpaired) electrons. The Morgan fingerprint density at radius 2 is 0.150 bits per heavy atom. The van der Waals surface area contributed by atoms with Crippen molar-refractivity contribution in [3.05, 3.63) is 0 Å². The Hall–Kier alpha value is 0. The summed E-state index contributed by atoms with van der Waals surface area (Å²) < 4.78 is 0. The van der Waals surface area contributed by atoms with Crippen molar-refractivity contribution in [1.82, 2.24) is 0 Å². The van der Waals surface area contributed by atoms with Crippen molar-refractivity contribution in [1.29, 1.82) is 0 Å². The molecule has 0 N–H and O–H groups in total. The lowest BCUT2D eigenvalue weighted by atomic mass is 9.01. The summed E-state index contributed by atoms with van der Waals surface area (Å²) in [5.74, 6) is 26.7. The molecule has 0 spiro atoms. The van der Waals surface area contributed by atoms with Crippen molar-refractivity contribution in [3.63, 3.8) is 0 Å². The van der Waals surface area contributed by atoms with E-state index in [1.165, 1.54) is 118 Å². The zero-order valence-electron chi connectivity index (χ0n) is 11.5. The molecule has 13 aliphatic rings. The van der Waals surface area contributed by atoms with Gasteiger partial charge in [0.05, 0.1) is 0 Å². The van der Waals surface area contributed by atoms with Crippen LogP contribution in [-0.4, -0.2) is 0 Å². The molecular weight excluding hydrogens is 240 g/mol. The van der Waals surface area contributed by atoms with Crippen molar-refractivity contribution in [2.45, 2.75) is 0 Å². The van der Waals surface area contributed by atoms with Gasteiger partial charge in [0.15, 0.2) is 0 Å². The minimum absolute atomic E-state index is 1.33. The molecule has 4 bridgehead atoms. The zero-order valence-corrected chi connectivity index (χ0v) is 11.5. The summed E-state index contributed by atoms with van der Waals surface area (Å²) in [5, 5.41) is 0. The van der Waals surface area contributed by atoms with Crippen LogP contribution in [0.4, 0.5) is 0 Å². The molecule has 0 nitrogen and oxygen atoms in total. The molecule has 0 heterocycles. The van der Waals surface area contributed by atoms with Gasteiger partial charge in [-0.1, -0.05) is 0 Å². The zero-order chi connectivity index (χ0) is 11.5. The summed E-state index contributed by atoms with van der Waals surface area (Å²) in [5.41, 5.74) is 0. The first kappa shape index (κ1) is 8.02. The minimum atomic E-state index is 1.33. The van der Waals surface area contributed by atoms with Crippen LogP contribution in [0, 0.1) is 118 Å². The predicted molar refractivity (Wildman–Crippen MR) is 69.8 cm³/mol. The van der Waals surface area contributed by atoms with Gasteiger partial charge in [-0.3, -0.25) is 0 Å². The summed E-state index contributed by atoms with van der Waals surface area (Å²) in [4.78, 5) is 0. The Labute approximate surface area is 119 Å². The van der Waals surface area contributed by atoms with Crippen LogP contribution in [0.25, 0.3) is 0 Å². The highest BCUT2D eigenvalue weighted by molar-refractivity contribution is 5.45. The lowest BCUT2D eigenvalue weighted by Gasteiger charge is -3.03. The van der Waals surface area contributed by atoms with Crippen LogP contribution >= 0.6 is 0 Å². The summed E-state index contributed by atoms with van der Waals surface area (Å²) in [6, 6.07) is 0. The molecule has 100 valence electrons. The topological polar surface area (TPSA) is 0 Å². The van der Waals surface area contributed by atoms with Crippen LogP contribution in [0.5, 0.6) is 0 Å². The van der Waals surface area contributed by atoms with E-state index in [4.69, 9.17) is 0 Å². The molecule has 13 rings (SSSR count). The fourth-order valence-corrected chi connectivity index (χ4v) is 14.1. The van der Waals surface area contributed by atoms with Gasteiger partial charge in [0, 0.05) is 0 Å². The standard InChI is InChI=1S/C20H20/c1-2-10-4-3(9(1)10)13(1)17-18(14(2)4)20-16-7-5-11-6(8(16)12(7)11)15(5)19(17)20/h1-20H. The van der Waals surface area contributed by atoms with Crippen molar-refractivity contribution >= 4 is 0 Å². The smallest absolute Gasteiger partial charge is 0.0312 e. The first-order chi connectivity index (χ1) is 10.0. The quantitative estimate of drug-likeness (QED) is 0.627. The molecular formula is C20H20. The van der Waals surface area contributed by atoms with Crippen molar-refractivity contribution in [3.8, 4) is 0 Å². The van der Waals surface area contributed by atoms with E-state index in [9.17, 15) is 0 Å². The molecule has 13 saturated carbocycles. The van der Waals surface area contributed by atoms with Crippen LogP contribution in [0.1, 0.15) is 0 Å². The third kappa shape index (κ3) is 0.361. The second kappa shape index (κ2) is 1.71. The summed E-state index contributed by atoms with van der Waals surface area (Å²) in [6.07, 6.45) is 0. The molecule has 13 aliphatic carbocycles. The van der Waals surface area contributed by atoms with E-state index in [1.807, 2.05) is 0 Å². The Kier molecular flexibility index (Phi) is 0.686. The highest BCUT2D eigenvalue weighted by Crippen LogP contribution is 3.02. The molecule has 0 saturated heterocycles. The second-order valence-corrected chi connectivity index (χ2v) is 11.5. The maximum absolute atomic E-state index is 1.33. The molecule has 0 unspecified atom stereocenters. The first-order valence-corrected chi connectivity index (χ1v) is 10.0. The van der Waals surface area contributed by atoms with E-state index in [0.29, 0.717) is 0 Å². The van der Waals surface area contributed by atoms with Gasteiger partial charge in [-0.25, -0.2) is 0 Å². The lowest BCUT2D eigenvalue weighted by molar-refractivity contribution is -0.565. The Morgan fingerprint density at radius 1 is 0.100 bits per heavy atom. The van der Waals surface area contributed by atoms with Crippen molar-refractivity contribution in [2.75, 3.05) is 0 Å². The van der Waals surface area contributed by atoms with Gasteiger partial charge in [-0.15, -0.1) is 0 Å². The maximum atomic E-state index is 1.33. The van der Waals surface area contributed by atoms with Gasteiger partial charge in [0.2, 0.25) is 0 Å². The van der Waals surface area contributed by atoms with Crippen LogP contribution in [0.3, 0.4) is 0 Å². The Morgan fingerprint density at radius 3 is 0.200 bits per heavy atom. The molecule has 0 amide bonds. The first-order valence-electron chi connectivity index (χ1n) is 10.0. The number of rotatable bonds is 0. The van der Waals surface area contributed by atoms with Gasteiger partial charge < -0.3 is 0 Å². The summed E-state index contributed by atoms with van der Waals surface area (Å²) >= 11 is 0. The van der Waals surface area contributed by atoms with E-state index < -0.39 is 0 Å². The second-order valence-electron chi connectivity index (χ2n) is 11.5. The largest absolute Gasteiger partial charge is 0.0312 e. The number of hydrogen-bond acceptors (Lipinski definition) is 0. The predicted octanol–water partition coefficient (Wildman–Crippen LogP) is 2.46. The average molecular weight is 260 g/mol. The van der Waals surface area contributed by atoms with Crippen LogP contribution in [-0.2, 0) is 0 Å². The lowest BCUT2D eigenvalue weighted by Crippen LogP contribution is -3.00. The van der Waals surface area contributed by atoms with E-state index in [1.54, 1.807) is 0 Å². The van der Waals surface area contributed by atoms with E-state index in [0.717, 1.165) is 0 Å². The highest BCUT2D eigenvalue weighted by Gasteiger charge is 2.98. The molecule has 13 fully saturated rings. The van der Waals surface area contributed by atoms with E-state index >= 15 is 0 Å². The van der Waals surface area contributed by atoms with Crippen LogP contribution < -0.4 is 0 Å². The minimum Gasteiger partial charge on any atom is -0.0312 e. The molecule has 0 aromatic rings. The summed E-state index contributed by atoms with van der Waals surface area (Å²) in [6.45, 7) is 0. The normalized spacial score (nSPS) is 108.